The first-order valence-electron chi connectivity index (χ1n) is 10.0. The zero-order valence-corrected chi connectivity index (χ0v) is 17.2. The van der Waals surface area contributed by atoms with Gasteiger partial charge in [-0.15, -0.1) is 0 Å². The molecule has 4 aromatic heterocycles. The van der Waals surface area contributed by atoms with Crippen molar-refractivity contribution in [3.05, 3.63) is 66.1 Å². The first-order valence-corrected chi connectivity index (χ1v) is 10.0. The van der Waals surface area contributed by atoms with Gasteiger partial charge in [0.25, 0.3) is 0 Å². The van der Waals surface area contributed by atoms with E-state index in [1.165, 1.54) is 5.56 Å². The number of aryl methyl sites for hydroxylation is 2. The molecular formula is C23H23N5O2. The van der Waals surface area contributed by atoms with Crippen LogP contribution in [0.2, 0.25) is 0 Å². The molecule has 2 unspecified atom stereocenters. The lowest BCUT2D eigenvalue weighted by molar-refractivity contribution is 0.285. The van der Waals surface area contributed by atoms with Crippen molar-refractivity contribution in [1.82, 2.24) is 24.3 Å². The van der Waals surface area contributed by atoms with E-state index in [2.05, 4.69) is 39.0 Å². The normalized spacial score (nSPS) is 17.8. The van der Waals surface area contributed by atoms with Gasteiger partial charge in [0.05, 0.1) is 19.3 Å². The van der Waals surface area contributed by atoms with E-state index in [0.717, 1.165) is 28.9 Å². The number of imidazole rings is 1. The number of nitrogens with zero attached hydrogens (tertiary/aromatic N) is 5. The molecule has 30 heavy (non-hydrogen) atoms. The molecule has 7 heteroatoms. The average Bonchev–Trinajstić information content (AvgIpc) is 3.37. The molecule has 1 fully saturated rings. The van der Waals surface area contributed by atoms with E-state index in [9.17, 15) is 0 Å². The molecule has 0 aliphatic heterocycles. The minimum absolute atomic E-state index is 0.452. The zero-order valence-electron chi connectivity index (χ0n) is 17.2. The van der Waals surface area contributed by atoms with Crippen LogP contribution >= 0.6 is 0 Å². The van der Waals surface area contributed by atoms with E-state index in [4.69, 9.17) is 9.47 Å². The van der Waals surface area contributed by atoms with Gasteiger partial charge in [-0.25, -0.2) is 9.97 Å². The Labute approximate surface area is 174 Å². The number of hydrogen-bond acceptors (Lipinski definition) is 6. The largest absolute Gasteiger partial charge is 0.482 e. The third-order valence-electron chi connectivity index (χ3n) is 5.54. The van der Waals surface area contributed by atoms with Gasteiger partial charge in [0.15, 0.2) is 5.88 Å². The van der Waals surface area contributed by atoms with Crippen LogP contribution in [0.5, 0.6) is 11.8 Å². The maximum atomic E-state index is 6.19. The smallest absolute Gasteiger partial charge is 0.224 e. The van der Waals surface area contributed by atoms with Crippen LogP contribution < -0.4 is 9.47 Å². The van der Waals surface area contributed by atoms with Crippen LogP contribution in [0.4, 0.5) is 0 Å². The molecule has 0 aromatic carbocycles. The highest BCUT2D eigenvalue weighted by Crippen LogP contribution is 2.47. The molecule has 0 saturated heterocycles. The van der Waals surface area contributed by atoms with Gasteiger partial charge in [0.1, 0.15) is 11.5 Å². The van der Waals surface area contributed by atoms with Crippen LogP contribution in [0.1, 0.15) is 29.4 Å². The van der Waals surface area contributed by atoms with Gasteiger partial charge in [0, 0.05) is 48.4 Å². The van der Waals surface area contributed by atoms with Gasteiger partial charge >= 0.3 is 0 Å². The van der Waals surface area contributed by atoms with Crippen molar-refractivity contribution < 1.29 is 9.47 Å². The van der Waals surface area contributed by atoms with Crippen molar-refractivity contribution in [2.45, 2.75) is 26.2 Å². The summed E-state index contributed by atoms with van der Waals surface area (Å²) >= 11 is 0. The number of pyridine rings is 2. The number of fused-ring (bicyclic) bond motifs is 1. The Kier molecular flexibility index (Phi) is 4.58. The predicted octanol–water partition coefficient (Wildman–Crippen LogP) is 3.99. The highest BCUT2D eigenvalue weighted by molar-refractivity contribution is 5.72. The summed E-state index contributed by atoms with van der Waals surface area (Å²) in [7, 11) is 1.65. The molecule has 1 aliphatic carbocycles. The molecular weight excluding hydrogens is 378 g/mol. The molecule has 1 aliphatic rings. The monoisotopic (exact) mass is 401 g/mol. The molecule has 0 amide bonds. The highest BCUT2D eigenvalue weighted by atomic mass is 16.5. The average molecular weight is 401 g/mol. The maximum absolute atomic E-state index is 6.19. The summed E-state index contributed by atoms with van der Waals surface area (Å²) in [5, 5.41) is 0. The standard InChI is InChI=1S/C23H23N5O2/c1-14-4-5-20(26-11-14)18-8-17(18)13-30-23-19(12-25-15(2)27-23)16-9-21-24-6-7-28(21)22(10-16)29-3/h4-7,9-12,17-18H,8,13H2,1-3H3. The number of ether oxygens (including phenoxy) is 2. The van der Waals surface area contributed by atoms with E-state index in [-0.39, 0.29) is 0 Å². The highest BCUT2D eigenvalue weighted by Gasteiger charge is 2.40. The summed E-state index contributed by atoms with van der Waals surface area (Å²) in [6.07, 6.45) is 8.43. The molecule has 0 bridgehead atoms. The van der Waals surface area contributed by atoms with Gasteiger partial charge in [-0.05, 0) is 43.5 Å². The van der Waals surface area contributed by atoms with Gasteiger partial charge in [-0.3, -0.25) is 9.38 Å². The molecule has 152 valence electrons. The summed E-state index contributed by atoms with van der Waals surface area (Å²) < 4.78 is 13.6. The molecule has 0 spiro atoms. The molecule has 7 nitrogen and oxygen atoms in total. The number of hydrogen-bond donors (Lipinski definition) is 0. The summed E-state index contributed by atoms with van der Waals surface area (Å²) in [4.78, 5) is 17.9. The van der Waals surface area contributed by atoms with Crippen molar-refractivity contribution in [3.63, 3.8) is 0 Å². The molecule has 4 aromatic rings. The fourth-order valence-corrected chi connectivity index (χ4v) is 3.74. The summed E-state index contributed by atoms with van der Waals surface area (Å²) in [5.41, 5.74) is 4.85. The van der Waals surface area contributed by atoms with Crippen LogP contribution in [-0.4, -0.2) is 38.1 Å². The van der Waals surface area contributed by atoms with Crippen LogP contribution in [-0.2, 0) is 0 Å². The van der Waals surface area contributed by atoms with Crippen LogP contribution in [0.3, 0.4) is 0 Å². The van der Waals surface area contributed by atoms with Crippen molar-refractivity contribution >= 4 is 5.65 Å². The van der Waals surface area contributed by atoms with Crippen molar-refractivity contribution in [1.29, 1.82) is 0 Å². The molecule has 4 heterocycles. The van der Waals surface area contributed by atoms with E-state index in [1.54, 1.807) is 19.5 Å². The Bertz CT molecular complexity index is 1200. The second-order valence-corrected chi connectivity index (χ2v) is 7.75. The Morgan fingerprint density at radius 2 is 2.00 bits per heavy atom. The molecule has 1 saturated carbocycles. The Morgan fingerprint density at radius 3 is 2.80 bits per heavy atom. The second-order valence-electron chi connectivity index (χ2n) is 7.75. The predicted molar refractivity (Wildman–Crippen MR) is 113 cm³/mol. The number of rotatable bonds is 6. The minimum atomic E-state index is 0.452. The fourth-order valence-electron chi connectivity index (χ4n) is 3.74. The lowest BCUT2D eigenvalue weighted by Crippen LogP contribution is -2.06. The van der Waals surface area contributed by atoms with Crippen molar-refractivity contribution in [2.75, 3.05) is 13.7 Å². The fraction of sp³-hybridized carbons (Fsp3) is 0.304. The van der Waals surface area contributed by atoms with Gasteiger partial charge in [-0.1, -0.05) is 6.07 Å². The Balaban J connectivity index is 1.39. The van der Waals surface area contributed by atoms with Gasteiger partial charge in [-0.2, -0.15) is 4.98 Å². The minimum Gasteiger partial charge on any atom is -0.482 e. The topological polar surface area (TPSA) is 74.4 Å². The molecule has 2 atom stereocenters. The summed E-state index contributed by atoms with van der Waals surface area (Å²) in [5.74, 6) is 2.86. The summed E-state index contributed by atoms with van der Waals surface area (Å²) in [6, 6.07) is 8.17. The molecule has 0 radical (unpaired) electrons. The van der Waals surface area contributed by atoms with Gasteiger partial charge < -0.3 is 9.47 Å². The third-order valence-corrected chi connectivity index (χ3v) is 5.54. The Morgan fingerprint density at radius 1 is 1.10 bits per heavy atom. The lowest BCUT2D eigenvalue weighted by atomic mass is 10.1. The van der Waals surface area contributed by atoms with Crippen LogP contribution in [0.25, 0.3) is 16.8 Å². The molecule has 5 rings (SSSR count). The third kappa shape index (κ3) is 3.47. The van der Waals surface area contributed by atoms with Crippen LogP contribution in [0.15, 0.2) is 49.1 Å². The Hall–Kier alpha value is -3.48. The van der Waals surface area contributed by atoms with E-state index in [1.807, 2.05) is 35.9 Å². The SMILES string of the molecule is COc1cc(-c2cnc(C)nc2OCC2CC2c2ccc(C)cn2)cc2nccn12. The van der Waals surface area contributed by atoms with E-state index in [0.29, 0.717) is 36.0 Å². The summed E-state index contributed by atoms with van der Waals surface area (Å²) in [6.45, 7) is 4.52. The van der Waals surface area contributed by atoms with Crippen molar-refractivity contribution in [3.8, 4) is 22.9 Å². The van der Waals surface area contributed by atoms with Crippen LogP contribution in [0, 0.1) is 19.8 Å². The molecule has 0 N–H and O–H groups in total. The van der Waals surface area contributed by atoms with Gasteiger partial charge in [0.2, 0.25) is 5.88 Å². The van der Waals surface area contributed by atoms with Crippen molar-refractivity contribution in [2.24, 2.45) is 5.92 Å². The first-order chi connectivity index (χ1) is 14.6. The second kappa shape index (κ2) is 7.40. The number of methoxy groups -OCH3 is 1. The number of aromatic nitrogens is 5. The van der Waals surface area contributed by atoms with E-state index >= 15 is 0 Å². The maximum Gasteiger partial charge on any atom is 0.224 e. The zero-order chi connectivity index (χ0) is 20.7. The lowest BCUT2D eigenvalue weighted by Gasteiger charge is -2.13. The quantitative estimate of drug-likeness (QED) is 0.486. The first kappa shape index (κ1) is 18.5. The van der Waals surface area contributed by atoms with E-state index < -0.39 is 0 Å².